The topological polar surface area (TPSA) is 73.2 Å². The number of aromatic nitrogens is 2. The smallest absolute Gasteiger partial charge is 0.266 e. The summed E-state index contributed by atoms with van der Waals surface area (Å²) < 4.78 is 6.82. The predicted octanol–water partition coefficient (Wildman–Crippen LogP) is 4.73. The van der Waals surface area contributed by atoms with Gasteiger partial charge in [0.25, 0.3) is 11.5 Å². The summed E-state index contributed by atoms with van der Waals surface area (Å²) in [6.45, 7) is 2.14. The minimum atomic E-state index is -0.302. The van der Waals surface area contributed by atoms with E-state index in [9.17, 15) is 9.59 Å². The highest BCUT2D eigenvalue weighted by molar-refractivity contribution is 7.20. The zero-order valence-electron chi connectivity index (χ0n) is 16.3. The van der Waals surface area contributed by atoms with Gasteiger partial charge in [0.05, 0.1) is 35.9 Å². The largest absolute Gasteiger partial charge is 0.495 e. The van der Waals surface area contributed by atoms with Crippen molar-refractivity contribution in [3.05, 3.63) is 86.2 Å². The van der Waals surface area contributed by atoms with Crippen LogP contribution in [0.25, 0.3) is 10.2 Å². The van der Waals surface area contributed by atoms with Gasteiger partial charge >= 0.3 is 0 Å². The van der Waals surface area contributed by atoms with E-state index in [1.54, 1.807) is 38.3 Å². The highest BCUT2D eigenvalue weighted by atomic mass is 35.5. The van der Waals surface area contributed by atoms with E-state index in [-0.39, 0.29) is 11.5 Å². The van der Waals surface area contributed by atoms with Crippen LogP contribution in [0, 0.1) is 6.92 Å². The lowest BCUT2D eigenvalue weighted by Gasteiger charge is -2.09. The van der Waals surface area contributed by atoms with Gasteiger partial charge < -0.3 is 10.1 Å². The number of aryl methyl sites for hydroxylation is 1. The van der Waals surface area contributed by atoms with Crippen LogP contribution in [0.3, 0.4) is 0 Å². The molecule has 1 N–H and O–H groups in total. The van der Waals surface area contributed by atoms with E-state index in [4.69, 9.17) is 16.3 Å². The lowest BCUT2D eigenvalue weighted by atomic mass is 10.2. The summed E-state index contributed by atoms with van der Waals surface area (Å²) in [5.74, 6) is 0.261. The minimum Gasteiger partial charge on any atom is -0.495 e. The highest BCUT2D eigenvalue weighted by Crippen LogP contribution is 2.29. The van der Waals surface area contributed by atoms with Crippen LogP contribution in [-0.2, 0) is 6.54 Å². The third-order valence-corrected chi connectivity index (χ3v) is 6.20. The predicted molar refractivity (Wildman–Crippen MR) is 120 cm³/mol. The first-order valence-corrected chi connectivity index (χ1v) is 10.3. The number of nitrogens with zero attached hydrogens (tertiary/aromatic N) is 2. The normalized spacial score (nSPS) is 10.9. The van der Waals surface area contributed by atoms with Crippen molar-refractivity contribution < 1.29 is 9.53 Å². The summed E-state index contributed by atoms with van der Waals surface area (Å²) in [5.41, 5.74) is 1.94. The third kappa shape index (κ3) is 3.81. The Kier molecular flexibility index (Phi) is 5.57. The second kappa shape index (κ2) is 8.30. The number of anilines is 1. The second-order valence-corrected chi connectivity index (χ2v) is 8.13. The van der Waals surface area contributed by atoms with Crippen molar-refractivity contribution in [3.8, 4) is 5.75 Å². The van der Waals surface area contributed by atoms with E-state index in [2.05, 4.69) is 10.3 Å². The van der Waals surface area contributed by atoms with Crippen molar-refractivity contribution in [2.24, 2.45) is 0 Å². The molecule has 8 heteroatoms. The molecular formula is C22H18ClN3O3S. The fourth-order valence-electron chi connectivity index (χ4n) is 3.20. The van der Waals surface area contributed by atoms with Crippen LogP contribution in [0.5, 0.6) is 5.75 Å². The summed E-state index contributed by atoms with van der Waals surface area (Å²) in [4.78, 5) is 31.4. The standard InChI is InChI=1S/C22H18ClN3O3S/c1-13-18-21(24-12-26(22(18)28)11-14-7-9-15(23)10-8-14)30-19(13)20(27)25-16-5-3-4-6-17(16)29-2/h3-10,12H,11H2,1-2H3,(H,25,27). The number of thiophene rings is 1. The number of carbonyl (C=O) groups is 1. The first-order chi connectivity index (χ1) is 14.5. The van der Waals surface area contributed by atoms with Gasteiger partial charge in [-0.1, -0.05) is 35.9 Å². The summed E-state index contributed by atoms with van der Waals surface area (Å²) in [6, 6.07) is 14.5. The number of para-hydroxylation sites is 2. The Morgan fingerprint density at radius 2 is 1.93 bits per heavy atom. The average Bonchev–Trinajstić information content (AvgIpc) is 3.09. The van der Waals surface area contributed by atoms with Crippen molar-refractivity contribution in [1.29, 1.82) is 0 Å². The molecule has 0 aliphatic carbocycles. The first-order valence-electron chi connectivity index (χ1n) is 9.15. The number of hydrogen-bond acceptors (Lipinski definition) is 5. The van der Waals surface area contributed by atoms with Crippen LogP contribution in [0.2, 0.25) is 5.02 Å². The SMILES string of the molecule is COc1ccccc1NC(=O)c1sc2ncn(Cc3ccc(Cl)cc3)c(=O)c2c1C. The molecule has 2 heterocycles. The van der Waals surface area contributed by atoms with Gasteiger partial charge in [-0.25, -0.2) is 4.98 Å². The first kappa shape index (κ1) is 20.1. The van der Waals surface area contributed by atoms with E-state index in [0.29, 0.717) is 43.7 Å². The molecule has 0 bridgehead atoms. The molecule has 0 spiro atoms. The summed E-state index contributed by atoms with van der Waals surface area (Å²) in [5, 5.41) is 3.95. The number of fused-ring (bicyclic) bond motifs is 1. The Hall–Kier alpha value is -3.16. The number of nitrogens with one attached hydrogen (secondary N) is 1. The highest BCUT2D eigenvalue weighted by Gasteiger charge is 2.20. The maximum Gasteiger partial charge on any atom is 0.266 e. The number of halogens is 1. The van der Waals surface area contributed by atoms with Gasteiger partial charge in [0.1, 0.15) is 10.6 Å². The van der Waals surface area contributed by atoms with Gasteiger partial charge in [0, 0.05) is 5.02 Å². The number of methoxy groups -OCH3 is 1. The summed E-state index contributed by atoms with van der Waals surface area (Å²) >= 11 is 7.13. The fourth-order valence-corrected chi connectivity index (χ4v) is 4.36. The van der Waals surface area contributed by atoms with Crippen molar-refractivity contribution in [3.63, 3.8) is 0 Å². The maximum atomic E-state index is 13.1. The van der Waals surface area contributed by atoms with Crippen molar-refractivity contribution >= 4 is 44.7 Å². The molecule has 0 saturated heterocycles. The van der Waals surface area contributed by atoms with E-state index in [1.165, 1.54) is 22.2 Å². The molecule has 6 nitrogen and oxygen atoms in total. The molecule has 30 heavy (non-hydrogen) atoms. The van der Waals surface area contributed by atoms with Gasteiger partial charge in [0.15, 0.2) is 0 Å². The van der Waals surface area contributed by atoms with Gasteiger partial charge in [0.2, 0.25) is 0 Å². The van der Waals surface area contributed by atoms with Crippen LogP contribution in [0.15, 0.2) is 59.7 Å². The lowest BCUT2D eigenvalue weighted by Crippen LogP contribution is -2.21. The Morgan fingerprint density at radius 1 is 1.20 bits per heavy atom. The summed E-state index contributed by atoms with van der Waals surface area (Å²) in [7, 11) is 1.54. The molecule has 152 valence electrons. The van der Waals surface area contributed by atoms with Gasteiger partial charge in [-0.3, -0.25) is 14.2 Å². The Balaban J connectivity index is 1.68. The summed E-state index contributed by atoms with van der Waals surface area (Å²) in [6.07, 6.45) is 1.51. The number of amides is 1. The molecule has 0 radical (unpaired) electrons. The molecule has 0 saturated carbocycles. The van der Waals surface area contributed by atoms with Crippen molar-refractivity contribution in [1.82, 2.24) is 9.55 Å². The third-order valence-electron chi connectivity index (χ3n) is 4.74. The van der Waals surface area contributed by atoms with E-state index >= 15 is 0 Å². The molecule has 0 atom stereocenters. The molecular weight excluding hydrogens is 422 g/mol. The van der Waals surface area contributed by atoms with E-state index in [0.717, 1.165) is 5.56 Å². The van der Waals surface area contributed by atoms with E-state index < -0.39 is 0 Å². The van der Waals surface area contributed by atoms with E-state index in [1.807, 2.05) is 24.3 Å². The molecule has 0 aliphatic rings. The molecule has 2 aromatic carbocycles. The number of carbonyl (C=O) groups excluding carboxylic acids is 1. The molecule has 4 rings (SSSR count). The number of ether oxygens (including phenoxy) is 1. The monoisotopic (exact) mass is 439 g/mol. The maximum absolute atomic E-state index is 13.1. The quantitative estimate of drug-likeness (QED) is 0.488. The van der Waals surface area contributed by atoms with Gasteiger partial charge in [-0.05, 0) is 42.3 Å². The van der Waals surface area contributed by atoms with Gasteiger partial charge in [-0.2, -0.15) is 0 Å². The average molecular weight is 440 g/mol. The molecule has 4 aromatic rings. The fraction of sp³-hybridized carbons (Fsp3) is 0.136. The number of benzene rings is 2. The zero-order valence-corrected chi connectivity index (χ0v) is 17.9. The number of hydrogen-bond donors (Lipinski definition) is 1. The lowest BCUT2D eigenvalue weighted by molar-refractivity contribution is 0.102. The Labute approximate surface area is 181 Å². The van der Waals surface area contributed by atoms with Crippen LogP contribution >= 0.6 is 22.9 Å². The minimum absolute atomic E-state index is 0.181. The molecule has 1 amide bonds. The zero-order chi connectivity index (χ0) is 21.3. The molecule has 0 unspecified atom stereocenters. The van der Waals surface area contributed by atoms with Gasteiger partial charge in [-0.15, -0.1) is 11.3 Å². The molecule has 0 fully saturated rings. The molecule has 0 aliphatic heterocycles. The van der Waals surface area contributed by atoms with Crippen LogP contribution in [0.1, 0.15) is 20.8 Å². The second-order valence-electron chi connectivity index (χ2n) is 6.69. The Bertz CT molecular complexity index is 1300. The number of rotatable bonds is 5. The van der Waals surface area contributed by atoms with Crippen molar-refractivity contribution in [2.75, 3.05) is 12.4 Å². The van der Waals surface area contributed by atoms with Crippen LogP contribution < -0.4 is 15.6 Å². The van der Waals surface area contributed by atoms with Crippen LogP contribution in [-0.4, -0.2) is 22.6 Å². The molecule has 2 aromatic heterocycles. The van der Waals surface area contributed by atoms with Crippen LogP contribution in [0.4, 0.5) is 5.69 Å². The Morgan fingerprint density at radius 3 is 2.67 bits per heavy atom. The van der Waals surface area contributed by atoms with Crippen molar-refractivity contribution in [2.45, 2.75) is 13.5 Å².